The number of piperidine rings is 2. The van der Waals surface area contributed by atoms with Crippen molar-refractivity contribution in [2.24, 2.45) is 5.92 Å². The van der Waals surface area contributed by atoms with E-state index in [2.05, 4.69) is 22.3 Å². The molecular weight excluding hydrogens is 446 g/mol. The van der Waals surface area contributed by atoms with Crippen molar-refractivity contribution in [2.75, 3.05) is 26.2 Å². The highest BCUT2D eigenvalue weighted by molar-refractivity contribution is 7.89. The van der Waals surface area contributed by atoms with Gasteiger partial charge in [-0.2, -0.15) is 4.31 Å². The summed E-state index contributed by atoms with van der Waals surface area (Å²) in [6.45, 7) is 3.44. The van der Waals surface area contributed by atoms with Crippen molar-refractivity contribution in [1.29, 1.82) is 0 Å². The van der Waals surface area contributed by atoms with Crippen LogP contribution in [-0.2, 0) is 21.4 Å². The second kappa shape index (κ2) is 10.3. The smallest absolute Gasteiger partial charge is 0.243 e. The molecule has 1 unspecified atom stereocenters. The first kappa shape index (κ1) is 23.2. The molecule has 0 saturated carbocycles. The number of carbonyl (C=O) groups is 1. The molecule has 1 N–H and O–H groups in total. The zero-order chi connectivity index (χ0) is 22.6. The Balaban J connectivity index is 1.27. The number of sulfonamides is 1. The van der Waals surface area contributed by atoms with Gasteiger partial charge >= 0.3 is 0 Å². The van der Waals surface area contributed by atoms with Crippen LogP contribution in [0.4, 0.5) is 0 Å². The van der Waals surface area contributed by atoms with Crippen LogP contribution in [-0.4, -0.2) is 55.8 Å². The van der Waals surface area contributed by atoms with Crippen molar-refractivity contribution in [1.82, 2.24) is 14.5 Å². The van der Waals surface area contributed by atoms with E-state index in [1.807, 2.05) is 12.1 Å². The van der Waals surface area contributed by atoms with E-state index in [1.54, 1.807) is 30.3 Å². The van der Waals surface area contributed by atoms with Crippen molar-refractivity contribution in [3.8, 4) is 0 Å². The van der Waals surface area contributed by atoms with Gasteiger partial charge in [0.25, 0.3) is 0 Å². The Morgan fingerprint density at radius 2 is 1.66 bits per heavy atom. The standard InChI is InChI=1S/C24H30ClN3O3S/c25-21-10-8-19(9-11-21)17-27-15-12-22(13-16-27)26-24(29)20-5-4-14-28(18-20)32(30,31)23-6-2-1-3-7-23/h1-3,6-11,20,22H,4-5,12-18H2,(H,26,29). The van der Waals surface area contributed by atoms with Gasteiger partial charge in [0.2, 0.25) is 15.9 Å². The van der Waals surface area contributed by atoms with Crippen molar-refractivity contribution >= 4 is 27.5 Å². The maximum atomic E-state index is 12.9. The van der Waals surface area contributed by atoms with Crippen LogP contribution in [0, 0.1) is 5.92 Å². The summed E-state index contributed by atoms with van der Waals surface area (Å²) in [5.41, 5.74) is 1.24. The second-order valence-electron chi connectivity index (χ2n) is 8.70. The van der Waals surface area contributed by atoms with Gasteiger partial charge in [-0.25, -0.2) is 8.42 Å². The molecule has 0 bridgehead atoms. The van der Waals surface area contributed by atoms with Gasteiger partial charge in [0, 0.05) is 43.8 Å². The summed E-state index contributed by atoms with van der Waals surface area (Å²) in [5.74, 6) is -0.316. The quantitative estimate of drug-likeness (QED) is 0.694. The lowest BCUT2D eigenvalue weighted by molar-refractivity contribution is -0.127. The second-order valence-corrected chi connectivity index (χ2v) is 11.1. The van der Waals surface area contributed by atoms with Crippen LogP contribution >= 0.6 is 11.6 Å². The van der Waals surface area contributed by atoms with E-state index < -0.39 is 10.0 Å². The molecule has 2 saturated heterocycles. The van der Waals surface area contributed by atoms with Crippen LogP contribution in [0.25, 0.3) is 0 Å². The summed E-state index contributed by atoms with van der Waals surface area (Å²) < 4.78 is 27.3. The Bertz CT molecular complexity index is 1010. The van der Waals surface area contributed by atoms with Gasteiger partial charge in [-0.1, -0.05) is 41.9 Å². The minimum absolute atomic E-state index is 0.0193. The largest absolute Gasteiger partial charge is 0.353 e. The molecule has 0 spiro atoms. The lowest BCUT2D eigenvalue weighted by Crippen LogP contribution is -2.50. The predicted molar refractivity (Wildman–Crippen MR) is 126 cm³/mol. The molecule has 2 aromatic rings. The zero-order valence-electron chi connectivity index (χ0n) is 18.1. The number of amides is 1. The van der Waals surface area contributed by atoms with E-state index in [1.165, 1.54) is 9.87 Å². The molecule has 2 heterocycles. The molecule has 6 nitrogen and oxygen atoms in total. The Hall–Kier alpha value is -1.93. The van der Waals surface area contributed by atoms with Crippen LogP contribution in [0.1, 0.15) is 31.2 Å². The molecular formula is C24H30ClN3O3S. The van der Waals surface area contributed by atoms with E-state index in [-0.39, 0.29) is 29.3 Å². The Morgan fingerprint density at radius 1 is 0.969 bits per heavy atom. The van der Waals surface area contributed by atoms with Crippen LogP contribution in [0.15, 0.2) is 59.5 Å². The number of nitrogens with zero attached hydrogens (tertiary/aromatic N) is 2. The van der Waals surface area contributed by atoms with Crippen LogP contribution in [0.5, 0.6) is 0 Å². The summed E-state index contributed by atoms with van der Waals surface area (Å²) in [5, 5.41) is 3.93. The zero-order valence-corrected chi connectivity index (χ0v) is 19.7. The van der Waals surface area contributed by atoms with Gasteiger partial charge in [-0.3, -0.25) is 9.69 Å². The fourth-order valence-electron chi connectivity index (χ4n) is 4.52. The monoisotopic (exact) mass is 475 g/mol. The van der Waals surface area contributed by atoms with Crippen molar-refractivity contribution in [3.05, 3.63) is 65.2 Å². The van der Waals surface area contributed by atoms with Crippen molar-refractivity contribution in [3.63, 3.8) is 0 Å². The van der Waals surface area contributed by atoms with Crippen molar-refractivity contribution < 1.29 is 13.2 Å². The fourth-order valence-corrected chi connectivity index (χ4v) is 6.19. The average Bonchev–Trinajstić information content (AvgIpc) is 2.82. The molecule has 1 atom stereocenters. The number of hydrogen-bond donors (Lipinski definition) is 1. The van der Waals surface area contributed by atoms with Gasteiger partial charge < -0.3 is 5.32 Å². The number of nitrogens with one attached hydrogen (secondary N) is 1. The lowest BCUT2D eigenvalue weighted by atomic mass is 9.97. The summed E-state index contributed by atoms with van der Waals surface area (Å²) in [7, 11) is -3.56. The maximum absolute atomic E-state index is 12.9. The molecule has 32 heavy (non-hydrogen) atoms. The highest BCUT2D eigenvalue weighted by Gasteiger charge is 2.34. The summed E-state index contributed by atoms with van der Waals surface area (Å²) in [6.07, 6.45) is 3.22. The van der Waals surface area contributed by atoms with E-state index in [0.29, 0.717) is 13.0 Å². The number of benzene rings is 2. The Kier molecular flexibility index (Phi) is 7.51. The Morgan fingerprint density at radius 3 is 2.34 bits per heavy atom. The molecule has 0 radical (unpaired) electrons. The third-order valence-electron chi connectivity index (χ3n) is 6.39. The molecule has 4 rings (SSSR count). The molecule has 8 heteroatoms. The van der Waals surface area contributed by atoms with Gasteiger partial charge in [0.15, 0.2) is 0 Å². The molecule has 1 amide bonds. The fraction of sp³-hybridized carbons (Fsp3) is 0.458. The molecule has 172 valence electrons. The van der Waals surface area contributed by atoms with E-state index in [0.717, 1.165) is 43.9 Å². The number of likely N-dealkylation sites (tertiary alicyclic amines) is 1. The molecule has 2 aliphatic rings. The van der Waals surface area contributed by atoms with Gasteiger partial charge in [0.05, 0.1) is 10.8 Å². The summed E-state index contributed by atoms with van der Waals surface area (Å²) >= 11 is 5.96. The average molecular weight is 476 g/mol. The lowest BCUT2D eigenvalue weighted by Gasteiger charge is -2.35. The van der Waals surface area contributed by atoms with Crippen LogP contribution < -0.4 is 5.32 Å². The highest BCUT2D eigenvalue weighted by Crippen LogP contribution is 2.24. The van der Waals surface area contributed by atoms with E-state index in [4.69, 9.17) is 11.6 Å². The van der Waals surface area contributed by atoms with E-state index >= 15 is 0 Å². The topological polar surface area (TPSA) is 69.7 Å². The third kappa shape index (κ3) is 5.70. The van der Waals surface area contributed by atoms with Gasteiger partial charge in [-0.15, -0.1) is 0 Å². The summed E-state index contributed by atoms with van der Waals surface area (Å²) in [4.78, 5) is 15.6. The first-order valence-corrected chi connectivity index (χ1v) is 13.1. The molecule has 0 aromatic heterocycles. The number of rotatable bonds is 6. The molecule has 2 aliphatic heterocycles. The predicted octanol–water partition coefficient (Wildman–Crippen LogP) is 3.52. The Labute approximate surface area is 195 Å². The van der Waals surface area contributed by atoms with Crippen molar-refractivity contribution in [2.45, 2.75) is 43.2 Å². The summed E-state index contributed by atoms with van der Waals surface area (Å²) in [6, 6.07) is 16.5. The highest BCUT2D eigenvalue weighted by atomic mass is 35.5. The number of hydrogen-bond acceptors (Lipinski definition) is 4. The minimum atomic E-state index is -3.56. The number of halogens is 1. The molecule has 0 aliphatic carbocycles. The molecule has 2 aromatic carbocycles. The third-order valence-corrected chi connectivity index (χ3v) is 8.52. The van der Waals surface area contributed by atoms with Gasteiger partial charge in [0.1, 0.15) is 0 Å². The first-order chi connectivity index (χ1) is 15.4. The molecule has 2 fully saturated rings. The van der Waals surface area contributed by atoms with Gasteiger partial charge in [-0.05, 0) is 55.5 Å². The SMILES string of the molecule is O=C(NC1CCN(Cc2ccc(Cl)cc2)CC1)C1CCCN(S(=O)(=O)c2ccccc2)C1. The van der Waals surface area contributed by atoms with Crippen LogP contribution in [0.2, 0.25) is 5.02 Å². The van der Waals surface area contributed by atoms with E-state index in [9.17, 15) is 13.2 Å². The normalized spacial score (nSPS) is 21.3. The van der Waals surface area contributed by atoms with Crippen LogP contribution in [0.3, 0.4) is 0 Å². The minimum Gasteiger partial charge on any atom is -0.353 e. The number of carbonyl (C=O) groups excluding carboxylic acids is 1. The first-order valence-electron chi connectivity index (χ1n) is 11.2. The maximum Gasteiger partial charge on any atom is 0.243 e.